The standard InChI is InChI=1S/C21H38O6/c1-3-4-5-6-7-8-9-10-11-15-20(24)26-17-18(2)27-21(25)16-13-12-14-19(22)23/h18H,3-17H2,1-2H3,(H,22,23). The fourth-order valence-electron chi connectivity index (χ4n) is 2.73. The summed E-state index contributed by atoms with van der Waals surface area (Å²) in [6, 6.07) is 0. The van der Waals surface area contributed by atoms with Gasteiger partial charge in [-0.25, -0.2) is 0 Å². The zero-order chi connectivity index (χ0) is 20.3. The van der Waals surface area contributed by atoms with Crippen molar-refractivity contribution < 1.29 is 29.0 Å². The third-order valence-corrected chi connectivity index (χ3v) is 4.32. The summed E-state index contributed by atoms with van der Waals surface area (Å²) in [7, 11) is 0. The second-order valence-corrected chi connectivity index (χ2v) is 7.16. The van der Waals surface area contributed by atoms with E-state index in [1.807, 2.05) is 0 Å². The molecule has 0 aromatic rings. The van der Waals surface area contributed by atoms with Crippen molar-refractivity contribution in [1.29, 1.82) is 0 Å². The van der Waals surface area contributed by atoms with E-state index < -0.39 is 12.1 Å². The number of carbonyl (C=O) groups excluding carboxylic acids is 2. The van der Waals surface area contributed by atoms with Crippen LogP contribution >= 0.6 is 0 Å². The van der Waals surface area contributed by atoms with Crippen LogP contribution in [-0.2, 0) is 23.9 Å². The number of unbranched alkanes of at least 4 members (excludes halogenated alkanes) is 9. The lowest BCUT2D eigenvalue weighted by atomic mass is 10.1. The molecule has 0 aromatic carbocycles. The van der Waals surface area contributed by atoms with Gasteiger partial charge in [0.15, 0.2) is 0 Å². The SMILES string of the molecule is CCCCCCCCCCCC(=O)OCC(C)OC(=O)CCCCC(=O)O. The highest BCUT2D eigenvalue weighted by Crippen LogP contribution is 2.11. The number of rotatable bonds is 18. The van der Waals surface area contributed by atoms with Crippen LogP contribution < -0.4 is 0 Å². The van der Waals surface area contributed by atoms with Crippen molar-refractivity contribution >= 4 is 17.9 Å². The maximum absolute atomic E-state index is 11.7. The number of carboxylic acids is 1. The number of carboxylic acid groups (broad SMARTS) is 1. The third-order valence-electron chi connectivity index (χ3n) is 4.32. The van der Waals surface area contributed by atoms with Gasteiger partial charge in [0.05, 0.1) is 0 Å². The summed E-state index contributed by atoms with van der Waals surface area (Å²) in [6.07, 6.45) is 11.9. The van der Waals surface area contributed by atoms with Gasteiger partial charge in [-0.1, -0.05) is 58.3 Å². The molecule has 0 spiro atoms. The fourth-order valence-corrected chi connectivity index (χ4v) is 2.73. The summed E-state index contributed by atoms with van der Waals surface area (Å²) in [5, 5.41) is 8.53. The Labute approximate surface area is 164 Å². The van der Waals surface area contributed by atoms with E-state index >= 15 is 0 Å². The van der Waals surface area contributed by atoms with Crippen LogP contribution in [0.1, 0.15) is 104 Å². The molecule has 0 aliphatic rings. The van der Waals surface area contributed by atoms with Crippen LogP contribution in [0.2, 0.25) is 0 Å². The van der Waals surface area contributed by atoms with E-state index in [0.717, 1.165) is 19.3 Å². The molecule has 27 heavy (non-hydrogen) atoms. The Hall–Kier alpha value is -1.59. The maximum Gasteiger partial charge on any atom is 0.306 e. The molecule has 1 atom stereocenters. The first-order valence-electron chi connectivity index (χ1n) is 10.5. The van der Waals surface area contributed by atoms with Crippen LogP contribution in [0.25, 0.3) is 0 Å². The number of esters is 2. The molecule has 0 amide bonds. The van der Waals surface area contributed by atoms with Gasteiger partial charge in [0, 0.05) is 19.3 Å². The molecule has 1 unspecified atom stereocenters. The second kappa shape index (κ2) is 17.8. The maximum atomic E-state index is 11.7. The van der Waals surface area contributed by atoms with E-state index in [4.69, 9.17) is 14.6 Å². The number of hydrogen-bond donors (Lipinski definition) is 1. The number of carbonyl (C=O) groups is 3. The Morgan fingerprint density at radius 3 is 1.81 bits per heavy atom. The molecular weight excluding hydrogens is 348 g/mol. The summed E-state index contributed by atoms with van der Waals surface area (Å²) in [5.41, 5.74) is 0. The van der Waals surface area contributed by atoms with Crippen molar-refractivity contribution in [3.05, 3.63) is 0 Å². The molecule has 0 heterocycles. The fraction of sp³-hybridized carbons (Fsp3) is 0.857. The molecule has 0 aromatic heterocycles. The van der Waals surface area contributed by atoms with Crippen molar-refractivity contribution in [2.45, 2.75) is 110 Å². The van der Waals surface area contributed by atoms with Gasteiger partial charge >= 0.3 is 17.9 Å². The topological polar surface area (TPSA) is 89.9 Å². The van der Waals surface area contributed by atoms with Gasteiger partial charge in [0.25, 0.3) is 0 Å². The average molecular weight is 387 g/mol. The predicted octanol–water partition coefficient (Wildman–Crippen LogP) is 5.03. The Morgan fingerprint density at radius 2 is 1.22 bits per heavy atom. The van der Waals surface area contributed by atoms with Gasteiger partial charge in [-0.2, -0.15) is 0 Å². The Morgan fingerprint density at radius 1 is 0.741 bits per heavy atom. The van der Waals surface area contributed by atoms with E-state index in [0.29, 0.717) is 19.3 Å². The number of hydrogen-bond acceptors (Lipinski definition) is 5. The van der Waals surface area contributed by atoms with Gasteiger partial charge in [-0.15, -0.1) is 0 Å². The average Bonchev–Trinajstić information content (AvgIpc) is 2.62. The van der Waals surface area contributed by atoms with Crippen LogP contribution in [-0.4, -0.2) is 35.7 Å². The highest BCUT2D eigenvalue weighted by atomic mass is 16.6. The summed E-state index contributed by atoms with van der Waals surface area (Å²) in [6.45, 7) is 3.97. The van der Waals surface area contributed by atoms with Crippen molar-refractivity contribution in [1.82, 2.24) is 0 Å². The molecule has 0 aliphatic heterocycles. The van der Waals surface area contributed by atoms with Crippen LogP contribution in [0, 0.1) is 0 Å². The minimum Gasteiger partial charge on any atom is -0.481 e. The third kappa shape index (κ3) is 19.0. The van der Waals surface area contributed by atoms with Crippen molar-refractivity contribution in [3.8, 4) is 0 Å². The highest BCUT2D eigenvalue weighted by Gasteiger charge is 2.12. The van der Waals surface area contributed by atoms with Gasteiger partial charge < -0.3 is 14.6 Å². The lowest BCUT2D eigenvalue weighted by Gasteiger charge is -2.13. The quantitative estimate of drug-likeness (QED) is 0.262. The summed E-state index contributed by atoms with van der Waals surface area (Å²) < 4.78 is 10.3. The number of ether oxygens (including phenoxy) is 2. The lowest BCUT2D eigenvalue weighted by molar-refractivity contribution is -0.158. The molecule has 0 saturated heterocycles. The summed E-state index contributed by atoms with van der Waals surface area (Å²) in [4.78, 5) is 33.7. The van der Waals surface area contributed by atoms with E-state index in [2.05, 4.69) is 6.92 Å². The molecular formula is C21H38O6. The van der Waals surface area contributed by atoms with Crippen LogP contribution in [0.4, 0.5) is 0 Å². The molecule has 0 bridgehead atoms. The van der Waals surface area contributed by atoms with Gasteiger partial charge in [-0.05, 0) is 26.2 Å². The van der Waals surface area contributed by atoms with Crippen molar-refractivity contribution in [2.24, 2.45) is 0 Å². The smallest absolute Gasteiger partial charge is 0.306 e. The van der Waals surface area contributed by atoms with Crippen LogP contribution in [0.5, 0.6) is 0 Å². The van der Waals surface area contributed by atoms with Gasteiger partial charge in [-0.3, -0.25) is 14.4 Å². The van der Waals surface area contributed by atoms with Gasteiger partial charge in [0.1, 0.15) is 12.7 Å². The monoisotopic (exact) mass is 386 g/mol. The van der Waals surface area contributed by atoms with Gasteiger partial charge in [0.2, 0.25) is 0 Å². The minimum absolute atomic E-state index is 0.0549. The zero-order valence-electron chi connectivity index (χ0n) is 17.2. The molecule has 0 rings (SSSR count). The molecule has 158 valence electrons. The Balaban J connectivity index is 3.52. The van der Waals surface area contributed by atoms with E-state index in [-0.39, 0.29) is 31.4 Å². The molecule has 0 aliphatic carbocycles. The molecule has 6 heteroatoms. The molecule has 0 radical (unpaired) electrons. The normalized spacial score (nSPS) is 11.8. The first-order chi connectivity index (χ1) is 13.0. The van der Waals surface area contributed by atoms with Crippen LogP contribution in [0.3, 0.4) is 0 Å². The first kappa shape index (κ1) is 25.4. The first-order valence-corrected chi connectivity index (χ1v) is 10.5. The molecule has 6 nitrogen and oxygen atoms in total. The summed E-state index contributed by atoms with van der Waals surface area (Å²) >= 11 is 0. The summed E-state index contributed by atoms with van der Waals surface area (Å²) in [5.74, 6) is -1.50. The Bertz CT molecular complexity index is 407. The van der Waals surface area contributed by atoms with E-state index in [9.17, 15) is 14.4 Å². The highest BCUT2D eigenvalue weighted by molar-refractivity contribution is 5.70. The van der Waals surface area contributed by atoms with Crippen molar-refractivity contribution in [3.63, 3.8) is 0 Å². The van der Waals surface area contributed by atoms with Crippen molar-refractivity contribution in [2.75, 3.05) is 6.61 Å². The molecule has 0 saturated carbocycles. The van der Waals surface area contributed by atoms with E-state index in [1.165, 1.54) is 38.5 Å². The molecule has 1 N–H and O–H groups in total. The minimum atomic E-state index is -0.865. The van der Waals surface area contributed by atoms with E-state index in [1.54, 1.807) is 6.92 Å². The Kier molecular flexibility index (Phi) is 16.8. The predicted molar refractivity (Wildman–Crippen MR) is 104 cm³/mol. The number of aliphatic carboxylic acids is 1. The molecule has 0 fully saturated rings. The lowest BCUT2D eigenvalue weighted by Crippen LogP contribution is -2.22. The second-order valence-electron chi connectivity index (χ2n) is 7.16. The van der Waals surface area contributed by atoms with Crippen LogP contribution in [0.15, 0.2) is 0 Å². The zero-order valence-corrected chi connectivity index (χ0v) is 17.2. The largest absolute Gasteiger partial charge is 0.481 e.